The summed E-state index contributed by atoms with van der Waals surface area (Å²) in [4.78, 5) is 14.8. The molecule has 7 rings (SSSR count). The molecule has 208 valence electrons. The van der Waals surface area contributed by atoms with Gasteiger partial charge in [0, 0.05) is 42.7 Å². The van der Waals surface area contributed by atoms with Gasteiger partial charge in [0.1, 0.15) is 5.58 Å². The molecule has 3 saturated heterocycles. The average Bonchev–Trinajstić information content (AvgIpc) is 3.29. The van der Waals surface area contributed by atoms with Crippen LogP contribution in [-0.4, -0.2) is 52.7 Å². The fourth-order valence-electron chi connectivity index (χ4n) is 5.78. The number of fused-ring (bicyclic) bond motifs is 3. The Labute approximate surface area is 234 Å². The van der Waals surface area contributed by atoms with E-state index < -0.39 is 16.0 Å². The van der Waals surface area contributed by atoms with Gasteiger partial charge in [-0.25, -0.2) is 13.2 Å². The molecule has 1 aromatic heterocycles. The number of esters is 1. The van der Waals surface area contributed by atoms with Gasteiger partial charge in [-0.1, -0.05) is 42.5 Å². The Balaban J connectivity index is 1.41. The van der Waals surface area contributed by atoms with Gasteiger partial charge in [-0.15, -0.1) is 0 Å². The number of piperazine rings is 1. The van der Waals surface area contributed by atoms with Crippen LogP contribution < -0.4 is 14.5 Å². The maximum Gasteiger partial charge on any atom is 0.374 e. The molecule has 1 N–H and O–H groups in total. The number of benzene rings is 3. The van der Waals surface area contributed by atoms with Gasteiger partial charge in [0.2, 0.25) is 5.76 Å². The lowest BCUT2D eigenvalue weighted by Gasteiger charge is -2.49. The summed E-state index contributed by atoms with van der Waals surface area (Å²) in [6.45, 7) is 5.66. The predicted molar refractivity (Wildman–Crippen MR) is 156 cm³/mol. The first-order valence-electron chi connectivity index (χ1n) is 13.7. The lowest BCUT2D eigenvalue weighted by molar-refractivity contribution is 0.0491. The minimum atomic E-state index is -3.98. The summed E-state index contributed by atoms with van der Waals surface area (Å²) >= 11 is 0. The zero-order valence-electron chi connectivity index (χ0n) is 22.7. The molecular weight excluding hydrogens is 526 g/mol. The van der Waals surface area contributed by atoms with Crippen molar-refractivity contribution in [2.75, 3.05) is 35.4 Å². The average molecular weight is 560 g/mol. The van der Waals surface area contributed by atoms with Gasteiger partial charge in [-0.05, 0) is 62.6 Å². The topological polar surface area (TPSA) is 92.1 Å². The van der Waals surface area contributed by atoms with E-state index in [0.717, 1.165) is 30.8 Å². The fourth-order valence-corrected chi connectivity index (χ4v) is 7.28. The third-order valence-corrected chi connectivity index (χ3v) is 9.63. The molecule has 0 radical (unpaired) electrons. The Bertz CT molecular complexity index is 1630. The number of para-hydroxylation sites is 2. The molecular formula is C31H33N3O5S. The van der Waals surface area contributed by atoms with E-state index in [2.05, 4.69) is 10.2 Å². The van der Waals surface area contributed by atoms with E-state index in [4.69, 9.17) is 9.15 Å². The standard InChI is InChI=1S/C31H33N3O5S/c1-3-38-31(35)30-21(2)26-18-25(13-14-29(26)39-30)40(36,37)34(16-15-22-9-5-4-6-10-22)28-12-8-7-11-27(28)33-19-23-17-24(20-33)32-23/h4-14,18,23-24,32H,3,15-17,19-20H2,1-2H3. The summed E-state index contributed by atoms with van der Waals surface area (Å²) in [6, 6.07) is 23.3. The molecule has 4 aromatic rings. The molecule has 3 aliphatic heterocycles. The number of anilines is 2. The number of piperidine rings is 1. The van der Waals surface area contributed by atoms with Gasteiger partial charge < -0.3 is 19.4 Å². The molecule has 3 aromatic carbocycles. The summed E-state index contributed by atoms with van der Waals surface area (Å²) in [6.07, 6.45) is 1.72. The molecule has 9 heteroatoms. The molecule has 2 atom stereocenters. The SMILES string of the molecule is CCOC(=O)c1oc2ccc(S(=O)(=O)N(CCc3ccccc3)c3ccccc3N3CC4CC(C3)N4)cc2c1C. The predicted octanol–water partition coefficient (Wildman–Crippen LogP) is 4.91. The highest BCUT2D eigenvalue weighted by Crippen LogP contribution is 2.37. The van der Waals surface area contributed by atoms with Crippen molar-refractivity contribution in [2.24, 2.45) is 0 Å². The van der Waals surface area contributed by atoms with Crippen LogP contribution in [0.5, 0.6) is 0 Å². The number of carbonyl (C=O) groups is 1. The number of nitrogens with one attached hydrogen (secondary N) is 1. The van der Waals surface area contributed by atoms with Crippen molar-refractivity contribution in [3.05, 3.63) is 89.7 Å². The molecule has 8 nitrogen and oxygen atoms in total. The van der Waals surface area contributed by atoms with Crippen LogP contribution in [0.1, 0.15) is 35.0 Å². The van der Waals surface area contributed by atoms with Crippen molar-refractivity contribution in [3.63, 3.8) is 0 Å². The Morgan fingerprint density at radius 2 is 1.75 bits per heavy atom. The number of nitrogens with zero attached hydrogens (tertiary/aromatic N) is 2. The van der Waals surface area contributed by atoms with Crippen LogP contribution in [0.3, 0.4) is 0 Å². The molecule has 40 heavy (non-hydrogen) atoms. The van der Waals surface area contributed by atoms with Crippen molar-refractivity contribution in [1.82, 2.24) is 5.32 Å². The van der Waals surface area contributed by atoms with Crippen LogP contribution in [0.15, 0.2) is 82.1 Å². The highest BCUT2D eigenvalue weighted by molar-refractivity contribution is 7.92. The lowest BCUT2D eigenvalue weighted by atomic mass is 9.91. The van der Waals surface area contributed by atoms with Crippen LogP contribution in [0, 0.1) is 6.92 Å². The minimum absolute atomic E-state index is 0.0925. The monoisotopic (exact) mass is 559 g/mol. The van der Waals surface area contributed by atoms with Crippen LogP contribution >= 0.6 is 0 Å². The largest absolute Gasteiger partial charge is 0.460 e. The molecule has 3 fully saturated rings. The molecule has 4 heterocycles. The molecule has 2 unspecified atom stereocenters. The fraction of sp³-hybridized carbons (Fsp3) is 0.323. The zero-order chi connectivity index (χ0) is 27.9. The van der Waals surface area contributed by atoms with Crippen LogP contribution in [-0.2, 0) is 21.2 Å². The number of ether oxygens (including phenoxy) is 1. The number of carbonyl (C=O) groups excluding carboxylic acids is 1. The zero-order valence-corrected chi connectivity index (χ0v) is 23.5. The number of hydrogen-bond acceptors (Lipinski definition) is 7. The molecule has 0 aliphatic carbocycles. The van der Waals surface area contributed by atoms with E-state index in [9.17, 15) is 13.2 Å². The Kier molecular flexibility index (Phi) is 7.02. The molecule has 0 spiro atoms. The maximum atomic E-state index is 14.4. The van der Waals surface area contributed by atoms with Gasteiger partial charge in [-0.2, -0.15) is 0 Å². The van der Waals surface area contributed by atoms with Crippen molar-refractivity contribution >= 4 is 38.3 Å². The normalized spacial score (nSPS) is 18.4. The lowest BCUT2D eigenvalue weighted by Crippen LogP contribution is -2.67. The maximum absolute atomic E-state index is 14.4. The minimum Gasteiger partial charge on any atom is -0.460 e. The highest BCUT2D eigenvalue weighted by atomic mass is 32.2. The Hall–Kier alpha value is -3.82. The summed E-state index contributed by atoms with van der Waals surface area (Å²) in [5.41, 5.74) is 3.64. The highest BCUT2D eigenvalue weighted by Gasteiger charge is 2.38. The molecule has 3 aliphatic rings. The number of aryl methyl sites for hydroxylation is 1. The van der Waals surface area contributed by atoms with Crippen molar-refractivity contribution in [2.45, 2.75) is 43.7 Å². The molecule has 2 bridgehead atoms. The van der Waals surface area contributed by atoms with E-state index in [1.165, 1.54) is 4.31 Å². The number of hydrogen-bond donors (Lipinski definition) is 1. The smallest absolute Gasteiger partial charge is 0.374 e. The van der Waals surface area contributed by atoms with Gasteiger partial charge >= 0.3 is 5.97 Å². The second kappa shape index (κ2) is 10.6. The van der Waals surface area contributed by atoms with Gasteiger partial charge in [0.25, 0.3) is 10.0 Å². The Morgan fingerprint density at radius 3 is 2.48 bits per heavy atom. The quantitative estimate of drug-likeness (QED) is 0.292. The van der Waals surface area contributed by atoms with Crippen LogP contribution in [0.25, 0.3) is 11.0 Å². The van der Waals surface area contributed by atoms with E-state index in [1.807, 2.05) is 54.6 Å². The summed E-state index contributed by atoms with van der Waals surface area (Å²) < 4.78 is 41.3. The van der Waals surface area contributed by atoms with Crippen LogP contribution in [0.2, 0.25) is 0 Å². The van der Waals surface area contributed by atoms with E-state index in [0.29, 0.717) is 40.7 Å². The van der Waals surface area contributed by atoms with Gasteiger partial charge in [0.15, 0.2) is 0 Å². The first-order valence-corrected chi connectivity index (χ1v) is 15.2. The number of furan rings is 1. The Morgan fingerprint density at radius 1 is 1.05 bits per heavy atom. The summed E-state index contributed by atoms with van der Waals surface area (Å²) in [7, 11) is -3.98. The second-order valence-electron chi connectivity index (χ2n) is 10.4. The summed E-state index contributed by atoms with van der Waals surface area (Å²) in [5.74, 6) is -0.469. The van der Waals surface area contributed by atoms with Crippen molar-refractivity contribution in [3.8, 4) is 0 Å². The molecule has 0 saturated carbocycles. The van der Waals surface area contributed by atoms with E-state index >= 15 is 0 Å². The molecule has 0 amide bonds. The summed E-state index contributed by atoms with van der Waals surface area (Å²) in [5, 5.41) is 4.13. The van der Waals surface area contributed by atoms with Crippen molar-refractivity contribution in [1.29, 1.82) is 0 Å². The third kappa shape index (κ3) is 4.84. The third-order valence-electron chi connectivity index (χ3n) is 7.82. The van der Waals surface area contributed by atoms with Gasteiger partial charge in [0.05, 0.1) is 22.9 Å². The first-order chi connectivity index (χ1) is 19.3. The second-order valence-corrected chi connectivity index (χ2v) is 12.3. The van der Waals surface area contributed by atoms with E-state index in [1.54, 1.807) is 32.0 Å². The number of rotatable bonds is 9. The van der Waals surface area contributed by atoms with Gasteiger partial charge in [-0.3, -0.25) is 4.31 Å². The first kappa shape index (κ1) is 26.4. The van der Waals surface area contributed by atoms with Crippen molar-refractivity contribution < 1.29 is 22.4 Å². The van der Waals surface area contributed by atoms with Crippen LogP contribution in [0.4, 0.5) is 11.4 Å². The van der Waals surface area contributed by atoms with E-state index in [-0.39, 0.29) is 23.8 Å². The number of sulfonamides is 1.